The zero-order chi connectivity index (χ0) is 26.2. The van der Waals surface area contributed by atoms with E-state index in [0.717, 1.165) is 11.1 Å². The Hall–Kier alpha value is -3.88. The molecule has 0 aliphatic carbocycles. The third-order valence-electron chi connectivity index (χ3n) is 6.37. The van der Waals surface area contributed by atoms with Gasteiger partial charge in [0, 0.05) is 36.3 Å². The third kappa shape index (κ3) is 4.53. The zero-order valence-corrected chi connectivity index (χ0v) is 21.1. The number of benzene rings is 2. The third-order valence-corrected chi connectivity index (χ3v) is 6.37. The summed E-state index contributed by atoms with van der Waals surface area (Å²) < 4.78 is 7.86. The summed E-state index contributed by atoms with van der Waals surface area (Å²) in [7, 11) is 1.64. The molecule has 0 saturated carbocycles. The molecule has 1 unspecified atom stereocenters. The number of aliphatic hydroxyl groups is 2. The van der Waals surface area contributed by atoms with Crippen LogP contribution in [0.15, 0.2) is 53.5 Å². The van der Waals surface area contributed by atoms with Crippen LogP contribution < -0.4 is 15.6 Å². The molecule has 188 valence electrons. The average molecular weight is 490 g/mol. The van der Waals surface area contributed by atoms with Crippen molar-refractivity contribution in [2.75, 3.05) is 13.2 Å². The number of nitrogens with zero attached hydrogens (tertiary/aromatic N) is 1. The van der Waals surface area contributed by atoms with Gasteiger partial charge in [0.2, 0.25) is 0 Å². The summed E-state index contributed by atoms with van der Waals surface area (Å²) in [5.74, 6) is 0.898. The van der Waals surface area contributed by atoms with Crippen LogP contribution in [0.25, 0.3) is 22.0 Å². The lowest BCUT2D eigenvalue weighted by Gasteiger charge is -2.23. The molecule has 0 radical (unpaired) electrons. The maximum Gasteiger partial charge on any atom is 0.274 e. The number of H-pyrrole nitrogens is 1. The van der Waals surface area contributed by atoms with E-state index in [0.29, 0.717) is 40.1 Å². The van der Waals surface area contributed by atoms with E-state index < -0.39 is 12.2 Å². The smallest absolute Gasteiger partial charge is 0.274 e. The first kappa shape index (κ1) is 25.2. The number of aliphatic hydroxyl groups excluding tert-OH is 1. The highest BCUT2D eigenvalue weighted by Gasteiger charge is 2.25. The van der Waals surface area contributed by atoms with Gasteiger partial charge in [-0.15, -0.1) is 0 Å². The van der Waals surface area contributed by atoms with Crippen LogP contribution in [0.4, 0.5) is 0 Å². The number of hydrogen-bond acceptors (Lipinski definition) is 5. The summed E-state index contributed by atoms with van der Waals surface area (Å²) in [6.07, 6.45) is 1.68. The number of ether oxygens (including phenoxy) is 1. The first-order valence-corrected chi connectivity index (χ1v) is 11.8. The van der Waals surface area contributed by atoms with Crippen LogP contribution >= 0.6 is 0 Å². The maximum absolute atomic E-state index is 12.9. The molecular formula is C28H31N3O5. The number of nitrogens with one attached hydrogen (secondary N) is 2. The van der Waals surface area contributed by atoms with Crippen LogP contribution in [0.5, 0.6) is 11.5 Å². The number of fused-ring (bicyclic) bond motifs is 1. The lowest BCUT2D eigenvalue weighted by Crippen LogP contribution is -2.25. The molecule has 4 rings (SSSR count). The molecule has 0 aliphatic rings. The van der Waals surface area contributed by atoms with Crippen molar-refractivity contribution >= 4 is 16.8 Å². The molecular weight excluding hydrogens is 458 g/mol. The lowest BCUT2D eigenvalue weighted by molar-refractivity contribution is -0.00226. The van der Waals surface area contributed by atoms with E-state index >= 15 is 0 Å². The predicted octanol–water partition coefficient (Wildman–Crippen LogP) is 3.89. The maximum atomic E-state index is 12.9. The van der Waals surface area contributed by atoms with Crippen LogP contribution in [-0.4, -0.2) is 38.8 Å². The minimum Gasteiger partial charge on any atom is -0.456 e. The van der Waals surface area contributed by atoms with Crippen molar-refractivity contribution in [2.24, 2.45) is 7.05 Å². The van der Waals surface area contributed by atoms with Gasteiger partial charge in [-0.05, 0) is 62.6 Å². The minimum atomic E-state index is -1.49. The fourth-order valence-corrected chi connectivity index (χ4v) is 4.25. The number of carbonyl (C=O) groups is 1. The number of aromatic nitrogens is 2. The van der Waals surface area contributed by atoms with Crippen molar-refractivity contribution in [1.29, 1.82) is 0 Å². The second kappa shape index (κ2) is 9.64. The van der Waals surface area contributed by atoms with Gasteiger partial charge in [-0.2, -0.15) is 0 Å². The molecule has 4 aromatic rings. The Morgan fingerprint density at radius 3 is 2.47 bits per heavy atom. The van der Waals surface area contributed by atoms with E-state index in [1.807, 2.05) is 39.0 Å². The monoisotopic (exact) mass is 489 g/mol. The molecule has 0 aliphatic heterocycles. The van der Waals surface area contributed by atoms with E-state index in [4.69, 9.17) is 4.74 Å². The molecule has 0 spiro atoms. The van der Waals surface area contributed by atoms with Crippen molar-refractivity contribution in [3.05, 3.63) is 81.4 Å². The van der Waals surface area contributed by atoms with Crippen LogP contribution in [0, 0.1) is 13.8 Å². The van der Waals surface area contributed by atoms with Crippen molar-refractivity contribution < 1.29 is 19.7 Å². The topological polar surface area (TPSA) is 117 Å². The largest absolute Gasteiger partial charge is 0.456 e. The highest BCUT2D eigenvalue weighted by molar-refractivity contribution is 6.03. The first-order chi connectivity index (χ1) is 17.1. The Kier molecular flexibility index (Phi) is 6.75. The Morgan fingerprint density at radius 1 is 1.14 bits per heavy atom. The molecule has 0 fully saturated rings. The van der Waals surface area contributed by atoms with Gasteiger partial charge in [-0.25, -0.2) is 0 Å². The summed E-state index contributed by atoms with van der Waals surface area (Å²) in [6.45, 7) is 7.24. The number of para-hydroxylation sites is 1. The van der Waals surface area contributed by atoms with Crippen LogP contribution in [0.3, 0.4) is 0 Å². The molecule has 36 heavy (non-hydrogen) atoms. The second-order valence-electron chi connectivity index (χ2n) is 9.26. The number of aryl methyl sites for hydroxylation is 3. The van der Waals surface area contributed by atoms with Gasteiger partial charge in [0.1, 0.15) is 28.3 Å². The van der Waals surface area contributed by atoms with Crippen molar-refractivity contribution in [2.45, 2.75) is 33.3 Å². The molecule has 2 aromatic carbocycles. The van der Waals surface area contributed by atoms with Gasteiger partial charge >= 0.3 is 0 Å². The van der Waals surface area contributed by atoms with Gasteiger partial charge < -0.3 is 29.8 Å². The summed E-state index contributed by atoms with van der Waals surface area (Å²) in [4.78, 5) is 28.4. The summed E-state index contributed by atoms with van der Waals surface area (Å²) in [5, 5.41) is 23.8. The summed E-state index contributed by atoms with van der Waals surface area (Å²) in [6, 6.07) is 12.7. The van der Waals surface area contributed by atoms with E-state index in [9.17, 15) is 19.8 Å². The SMILES string of the molecule is CCNC(=O)c1cc2c(-c3cc(C(C)(O)CO)ccc3Oc3c(C)cccc3C)cn(C)c(=O)c2[nH]1. The van der Waals surface area contributed by atoms with Gasteiger partial charge in [-0.1, -0.05) is 24.3 Å². The fraction of sp³-hybridized carbons (Fsp3) is 0.286. The van der Waals surface area contributed by atoms with Gasteiger partial charge in [0.05, 0.1) is 6.61 Å². The van der Waals surface area contributed by atoms with E-state index in [2.05, 4.69) is 10.3 Å². The number of pyridine rings is 1. The van der Waals surface area contributed by atoms with Gasteiger partial charge in [0.25, 0.3) is 11.5 Å². The van der Waals surface area contributed by atoms with Gasteiger partial charge in [-0.3, -0.25) is 9.59 Å². The lowest BCUT2D eigenvalue weighted by atomic mass is 9.92. The van der Waals surface area contributed by atoms with Gasteiger partial charge in [0.15, 0.2) is 0 Å². The summed E-state index contributed by atoms with van der Waals surface area (Å²) >= 11 is 0. The Balaban J connectivity index is 2.01. The molecule has 8 nitrogen and oxygen atoms in total. The number of aromatic amines is 1. The second-order valence-corrected chi connectivity index (χ2v) is 9.26. The van der Waals surface area contributed by atoms with E-state index in [1.165, 1.54) is 11.5 Å². The van der Waals surface area contributed by atoms with Crippen LogP contribution in [0.1, 0.15) is 41.0 Å². The molecule has 0 bridgehead atoms. The Bertz CT molecular complexity index is 1490. The highest BCUT2D eigenvalue weighted by Crippen LogP contribution is 2.40. The number of hydrogen-bond donors (Lipinski definition) is 4. The fourth-order valence-electron chi connectivity index (χ4n) is 4.25. The predicted molar refractivity (Wildman–Crippen MR) is 140 cm³/mol. The standard InChI is InChI=1S/C28H31N3O5/c1-6-29-26(33)22-13-20-21(14-31(5)27(34)24(20)30-22)19-12-18(28(4,35)15-32)10-11-23(19)36-25-16(2)8-7-9-17(25)3/h7-14,30,32,35H,6,15H2,1-5H3,(H,29,33). The normalized spacial score (nSPS) is 13.0. The Labute approximate surface area is 209 Å². The van der Waals surface area contributed by atoms with E-state index in [-0.39, 0.29) is 22.7 Å². The first-order valence-electron chi connectivity index (χ1n) is 11.8. The molecule has 8 heteroatoms. The minimum absolute atomic E-state index is 0.270. The number of rotatable bonds is 7. The van der Waals surface area contributed by atoms with Crippen molar-refractivity contribution in [3.8, 4) is 22.6 Å². The quantitative estimate of drug-likeness (QED) is 0.314. The molecule has 1 atom stereocenters. The molecule has 2 aromatic heterocycles. The summed E-state index contributed by atoms with van der Waals surface area (Å²) in [5.41, 5.74) is 2.42. The molecule has 1 amide bonds. The molecule has 0 saturated heterocycles. The number of carbonyl (C=O) groups excluding carboxylic acids is 1. The molecule has 4 N–H and O–H groups in total. The zero-order valence-electron chi connectivity index (χ0n) is 21.1. The van der Waals surface area contributed by atoms with Crippen molar-refractivity contribution in [3.63, 3.8) is 0 Å². The Morgan fingerprint density at radius 2 is 1.83 bits per heavy atom. The molecule has 2 heterocycles. The van der Waals surface area contributed by atoms with Crippen molar-refractivity contribution in [1.82, 2.24) is 14.9 Å². The number of amides is 1. The van der Waals surface area contributed by atoms with Crippen LogP contribution in [0.2, 0.25) is 0 Å². The van der Waals surface area contributed by atoms with Crippen LogP contribution in [-0.2, 0) is 12.6 Å². The highest BCUT2D eigenvalue weighted by atomic mass is 16.5. The average Bonchev–Trinajstić information content (AvgIpc) is 3.30. The van der Waals surface area contributed by atoms with E-state index in [1.54, 1.807) is 37.5 Å².